The highest BCUT2D eigenvalue weighted by Gasteiger charge is 2.34. The van der Waals surface area contributed by atoms with Crippen LogP contribution < -0.4 is 5.32 Å². The number of aromatic nitrogens is 2. The van der Waals surface area contributed by atoms with Crippen molar-refractivity contribution in [2.45, 2.75) is 58.2 Å². The Morgan fingerprint density at radius 2 is 2.00 bits per heavy atom. The molecule has 1 aromatic rings. The van der Waals surface area contributed by atoms with Crippen molar-refractivity contribution in [2.75, 3.05) is 13.1 Å². The summed E-state index contributed by atoms with van der Waals surface area (Å²) in [6, 6.07) is 1.96. The summed E-state index contributed by atoms with van der Waals surface area (Å²) in [4.78, 5) is 2.66. The Morgan fingerprint density at radius 3 is 2.58 bits per heavy atom. The molecule has 1 aliphatic carbocycles. The van der Waals surface area contributed by atoms with Crippen LogP contribution in [-0.4, -0.2) is 39.9 Å². The standard InChI is InChI=1S/C15H26N4/c1-10(15-11(2)17-18(4)12(15)3)16-13-7-8-19(9-13)14-5-6-14/h10,13-14,16H,5-9H2,1-4H3. The summed E-state index contributed by atoms with van der Waals surface area (Å²) in [5, 5.41) is 8.33. The maximum atomic E-state index is 4.53. The lowest BCUT2D eigenvalue weighted by atomic mass is 10.1. The lowest BCUT2D eigenvalue weighted by Gasteiger charge is -2.21. The molecule has 0 bridgehead atoms. The lowest BCUT2D eigenvalue weighted by Crippen LogP contribution is -2.35. The largest absolute Gasteiger partial charge is 0.306 e. The summed E-state index contributed by atoms with van der Waals surface area (Å²) in [7, 11) is 2.03. The molecule has 0 aromatic carbocycles. The maximum absolute atomic E-state index is 4.53. The fourth-order valence-electron chi connectivity index (χ4n) is 3.55. The van der Waals surface area contributed by atoms with Gasteiger partial charge in [0.15, 0.2) is 0 Å². The summed E-state index contributed by atoms with van der Waals surface area (Å²) in [6.07, 6.45) is 4.13. The highest BCUT2D eigenvalue weighted by atomic mass is 15.3. The van der Waals surface area contributed by atoms with Gasteiger partial charge in [-0.1, -0.05) is 0 Å². The molecule has 0 amide bonds. The first-order valence-electron chi connectivity index (χ1n) is 7.56. The van der Waals surface area contributed by atoms with Crippen LogP contribution in [-0.2, 0) is 7.05 Å². The normalized spacial score (nSPS) is 26.0. The Hall–Kier alpha value is -0.870. The van der Waals surface area contributed by atoms with Crippen LogP contribution in [0.5, 0.6) is 0 Å². The van der Waals surface area contributed by atoms with Crippen molar-refractivity contribution in [1.82, 2.24) is 20.0 Å². The molecule has 2 unspecified atom stereocenters. The van der Waals surface area contributed by atoms with Crippen molar-refractivity contribution in [3.05, 3.63) is 17.0 Å². The third-order valence-corrected chi connectivity index (χ3v) is 4.77. The smallest absolute Gasteiger partial charge is 0.0644 e. The van der Waals surface area contributed by atoms with E-state index in [1.165, 1.54) is 43.6 Å². The van der Waals surface area contributed by atoms with E-state index < -0.39 is 0 Å². The van der Waals surface area contributed by atoms with Crippen molar-refractivity contribution < 1.29 is 0 Å². The van der Waals surface area contributed by atoms with E-state index in [0.29, 0.717) is 12.1 Å². The summed E-state index contributed by atoms with van der Waals surface area (Å²) in [5.41, 5.74) is 3.83. The van der Waals surface area contributed by atoms with E-state index >= 15 is 0 Å². The van der Waals surface area contributed by atoms with Crippen LogP contribution in [0.3, 0.4) is 0 Å². The molecule has 1 aliphatic heterocycles. The minimum atomic E-state index is 0.401. The Kier molecular flexibility index (Phi) is 3.39. The third-order valence-electron chi connectivity index (χ3n) is 4.77. The van der Waals surface area contributed by atoms with Gasteiger partial charge in [0.25, 0.3) is 0 Å². The van der Waals surface area contributed by atoms with Crippen LogP contribution in [0.2, 0.25) is 0 Å². The minimum Gasteiger partial charge on any atom is -0.306 e. The number of aryl methyl sites for hydroxylation is 2. The van der Waals surface area contributed by atoms with Crippen molar-refractivity contribution in [3.63, 3.8) is 0 Å². The van der Waals surface area contributed by atoms with Gasteiger partial charge in [0.1, 0.15) is 0 Å². The zero-order chi connectivity index (χ0) is 13.6. The average Bonchev–Trinajstić information content (AvgIpc) is 3.04. The van der Waals surface area contributed by atoms with Crippen molar-refractivity contribution in [1.29, 1.82) is 0 Å². The van der Waals surface area contributed by atoms with Gasteiger partial charge in [0, 0.05) is 49.5 Å². The van der Waals surface area contributed by atoms with Gasteiger partial charge in [-0.3, -0.25) is 9.58 Å². The number of nitrogens with zero attached hydrogens (tertiary/aromatic N) is 3. The van der Waals surface area contributed by atoms with Crippen LogP contribution in [0.25, 0.3) is 0 Å². The zero-order valence-electron chi connectivity index (χ0n) is 12.6. The van der Waals surface area contributed by atoms with Gasteiger partial charge < -0.3 is 5.32 Å². The van der Waals surface area contributed by atoms with E-state index in [1.807, 2.05) is 11.7 Å². The Labute approximate surface area is 116 Å². The Bertz CT molecular complexity index is 461. The van der Waals surface area contributed by atoms with Gasteiger partial charge in [-0.15, -0.1) is 0 Å². The van der Waals surface area contributed by atoms with Gasteiger partial charge in [0.2, 0.25) is 0 Å². The predicted molar refractivity (Wildman–Crippen MR) is 77.2 cm³/mol. The van der Waals surface area contributed by atoms with Crippen LogP contribution in [0.1, 0.15) is 49.2 Å². The second-order valence-corrected chi connectivity index (χ2v) is 6.31. The van der Waals surface area contributed by atoms with Crippen LogP contribution in [0.15, 0.2) is 0 Å². The first kappa shape index (κ1) is 13.1. The van der Waals surface area contributed by atoms with Gasteiger partial charge in [0.05, 0.1) is 5.69 Å². The molecular weight excluding hydrogens is 236 g/mol. The quantitative estimate of drug-likeness (QED) is 0.900. The molecule has 1 saturated carbocycles. The summed E-state index contributed by atoms with van der Waals surface area (Å²) >= 11 is 0. The fourth-order valence-corrected chi connectivity index (χ4v) is 3.55. The Balaban J connectivity index is 1.63. The molecule has 2 aliphatic rings. The van der Waals surface area contributed by atoms with Crippen molar-refractivity contribution >= 4 is 0 Å². The molecule has 4 heteroatoms. The lowest BCUT2D eigenvalue weighted by molar-refractivity contribution is 0.313. The molecule has 0 radical (unpaired) electrons. The van der Waals surface area contributed by atoms with E-state index in [2.05, 4.69) is 36.1 Å². The fraction of sp³-hybridized carbons (Fsp3) is 0.800. The number of likely N-dealkylation sites (tertiary alicyclic amines) is 1. The molecule has 1 N–H and O–H groups in total. The first-order valence-corrected chi connectivity index (χ1v) is 7.56. The summed E-state index contributed by atoms with van der Waals surface area (Å²) in [6.45, 7) is 9.06. The van der Waals surface area contributed by atoms with E-state index in [9.17, 15) is 0 Å². The highest BCUT2D eigenvalue weighted by molar-refractivity contribution is 5.27. The second kappa shape index (κ2) is 4.91. The van der Waals surface area contributed by atoms with E-state index in [1.54, 1.807) is 0 Å². The molecule has 1 saturated heterocycles. The van der Waals surface area contributed by atoms with Crippen LogP contribution in [0, 0.1) is 13.8 Å². The molecule has 3 rings (SSSR count). The van der Waals surface area contributed by atoms with Crippen LogP contribution in [0.4, 0.5) is 0 Å². The number of hydrogen-bond donors (Lipinski definition) is 1. The Morgan fingerprint density at radius 1 is 1.26 bits per heavy atom. The summed E-state index contributed by atoms with van der Waals surface area (Å²) < 4.78 is 1.99. The summed E-state index contributed by atoms with van der Waals surface area (Å²) in [5.74, 6) is 0. The van der Waals surface area contributed by atoms with Crippen molar-refractivity contribution in [2.24, 2.45) is 7.05 Å². The molecular formula is C15H26N4. The topological polar surface area (TPSA) is 33.1 Å². The van der Waals surface area contributed by atoms with Gasteiger partial charge in [-0.2, -0.15) is 5.10 Å². The number of hydrogen-bond acceptors (Lipinski definition) is 3. The monoisotopic (exact) mass is 262 g/mol. The predicted octanol–water partition coefficient (Wildman–Crippen LogP) is 1.92. The molecule has 2 heterocycles. The van der Waals surface area contributed by atoms with E-state index in [4.69, 9.17) is 0 Å². The highest BCUT2D eigenvalue weighted by Crippen LogP contribution is 2.30. The third kappa shape index (κ3) is 2.56. The van der Waals surface area contributed by atoms with E-state index in [-0.39, 0.29) is 0 Å². The molecule has 1 aromatic heterocycles. The molecule has 2 fully saturated rings. The minimum absolute atomic E-state index is 0.401. The van der Waals surface area contributed by atoms with E-state index in [0.717, 1.165) is 11.7 Å². The maximum Gasteiger partial charge on any atom is 0.0644 e. The second-order valence-electron chi connectivity index (χ2n) is 6.31. The van der Waals surface area contributed by atoms with Gasteiger partial charge in [-0.05, 0) is 40.0 Å². The van der Waals surface area contributed by atoms with Crippen molar-refractivity contribution in [3.8, 4) is 0 Å². The zero-order valence-corrected chi connectivity index (χ0v) is 12.6. The molecule has 4 nitrogen and oxygen atoms in total. The van der Waals surface area contributed by atoms with Gasteiger partial charge in [-0.25, -0.2) is 0 Å². The number of rotatable bonds is 4. The SMILES string of the molecule is Cc1nn(C)c(C)c1C(C)NC1CCN(C2CC2)C1. The number of nitrogens with one attached hydrogen (secondary N) is 1. The average molecular weight is 262 g/mol. The molecule has 106 valence electrons. The molecule has 2 atom stereocenters. The van der Waals surface area contributed by atoms with Crippen LogP contribution >= 0.6 is 0 Å². The first-order chi connectivity index (χ1) is 9.06. The van der Waals surface area contributed by atoms with Gasteiger partial charge >= 0.3 is 0 Å². The molecule has 19 heavy (non-hydrogen) atoms. The molecule has 0 spiro atoms.